The van der Waals surface area contributed by atoms with Crippen LogP contribution >= 0.6 is 0 Å². The van der Waals surface area contributed by atoms with E-state index in [1.807, 2.05) is 60.7 Å². The van der Waals surface area contributed by atoms with Crippen molar-refractivity contribution >= 4 is 76.2 Å². The van der Waals surface area contributed by atoms with E-state index in [2.05, 4.69) is 109 Å². The number of benzene rings is 8. The van der Waals surface area contributed by atoms with Crippen molar-refractivity contribution in [3.63, 3.8) is 0 Å². The Balaban J connectivity index is 1.16. The minimum atomic E-state index is 0.472. The van der Waals surface area contributed by atoms with Crippen molar-refractivity contribution < 1.29 is 8.83 Å². The summed E-state index contributed by atoms with van der Waals surface area (Å²) in [6.45, 7) is 0. The molecule has 260 valence electrons. The molecule has 0 aliphatic carbocycles. The molecular formula is C50H28N4O2. The van der Waals surface area contributed by atoms with Crippen LogP contribution in [-0.2, 0) is 0 Å². The van der Waals surface area contributed by atoms with Gasteiger partial charge in [-0.3, -0.25) is 0 Å². The molecule has 0 aliphatic heterocycles. The standard InChI is InChI=1S/C50H28N4O2/c1-2-12-29(13-3-1)48-52-49(41-25-32-16-6-7-17-34(32)35-18-8-9-19-36(35)41)54-50(53-48)42-28-40-39-24-30-14-4-5-15-31(30)27-45(39)56-47(40)46(51-42)33-22-23-44-38(26-33)37-20-10-11-21-43(37)55-44/h1-28H. The first-order valence-corrected chi connectivity index (χ1v) is 18.6. The molecule has 0 radical (unpaired) electrons. The molecule has 0 spiro atoms. The molecule has 0 saturated carbocycles. The van der Waals surface area contributed by atoms with Crippen molar-refractivity contribution in [2.75, 3.05) is 0 Å². The maximum Gasteiger partial charge on any atom is 0.182 e. The van der Waals surface area contributed by atoms with Gasteiger partial charge in [-0.25, -0.2) is 19.9 Å². The number of furan rings is 2. The number of fused-ring (bicyclic) bond motifs is 10. The van der Waals surface area contributed by atoms with Gasteiger partial charge in [0.25, 0.3) is 0 Å². The zero-order chi connectivity index (χ0) is 36.7. The Hall–Kier alpha value is -7.70. The van der Waals surface area contributed by atoms with Crippen molar-refractivity contribution in [3.8, 4) is 45.6 Å². The lowest BCUT2D eigenvalue weighted by molar-refractivity contribution is 0.667. The molecule has 0 atom stereocenters. The summed E-state index contributed by atoms with van der Waals surface area (Å²) in [4.78, 5) is 20.9. The van der Waals surface area contributed by atoms with E-state index in [1.165, 1.54) is 5.39 Å². The Labute approximate surface area is 319 Å². The molecule has 4 aromatic heterocycles. The fraction of sp³-hybridized carbons (Fsp3) is 0. The van der Waals surface area contributed by atoms with Gasteiger partial charge in [-0.05, 0) is 80.8 Å². The van der Waals surface area contributed by atoms with Gasteiger partial charge in [0, 0.05) is 38.2 Å². The molecule has 0 saturated heterocycles. The van der Waals surface area contributed by atoms with Crippen LogP contribution < -0.4 is 0 Å². The van der Waals surface area contributed by atoms with E-state index in [1.54, 1.807) is 0 Å². The maximum atomic E-state index is 6.75. The minimum Gasteiger partial charge on any atom is -0.456 e. The zero-order valence-electron chi connectivity index (χ0n) is 29.8. The van der Waals surface area contributed by atoms with Gasteiger partial charge >= 0.3 is 0 Å². The van der Waals surface area contributed by atoms with Crippen molar-refractivity contribution in [2.45, 2.75) is 0 Å². The lowest BCUT2D eigenvalue weighted by Crippen LogP contribution is -2.02. The van der Waals surface area contributed by atoms with Crippen LogP contribution in [0.5, 0.6) is 0 Å². The average molecular weight is 717 g/mol. The summed E-state index contributed by atoms with van der Waals surface area (Å²) >= 11 is 0. The van der Waals surface area contributed by atoms with Gasteiger partial charge in [0.05, 0.1) is 0 Å². The molecule has 0 fully saturated rings. The summed E-state index contributed by atoms with van der Waals surface area (Å²) in [7, 11) is 0. The molecule has 12 aromatic rings. The van der Waals surface area contributed by atoms with Gasteiger partial charge in [-0.2, -0.15) is 0 Å². The van der Waals surface area contributed by atoms with E-state index < -0.39 is 0 Å². The number of hydrogen-bond donors (Lipinski definition) is 0. The molecule has 4 heterocycles. The van der Waals surface area contributed by atoms with Crippen LogP contribution in [0.1, 0.15) is 0 Å². The van der Waals surface area contributed by atoms with Gasteiger partial charge in [0.15, 0.2) is 23.1 Å². The third-order valence-corrected chi connectivity index (χ3v) is 10.9. The van der Waals surface area contributed by atoms with Crippen LogP contribution in [0.25, 0.3) is 122 Å². The van der Waals surface area contributed by atoms with Gasteiger partial charge in [0.2, 0.25) is 0 Å². The van der Waals surface area contributed by atoms with E-state index in [0.29, 0.717) is 34.4 Å². The first-order chi connectivity index (χ1) is 27.7. The highest BCUT2D eigenvalue weighted by molar-refractivity contribution is 6.15. The zero-order valence-corrected chi connectivity index (χ0v) is 29.8. The predicted molar refractivity (Wildman–Crippen MR) is 226 cm³/mol. The normalized spacial score (nSPS) is 11.9. The van der Waals surface area contributed by atoms with Crippen LogP contribution in [-0.4, -0.2) is 19.9 Å². The van der Waals surface area contributed by atoms with Gasteiger partial charge in [-0.1, -0.05) is 121 Å². The molecule has 0 aliphatic rings. The summed E-state index contributed by atoms with van der Waals surface area (Å²) in [5.74, 6) is 1.62. The molecule has 0 unspecified atom stereocenters. The second-order valence-corrected chi connectivity index (χ2v) is 14.2. The molecule has 56 heavy (non-hydrogen) atoms. The van der Waals surface area contributed by atoms with E-state index in [4.69, 9.17) is 28.8 Å². The second kappa shape index (κ2) is 11.9. The first kappa shape index (κ1) is 30.7. The lowest BCUT2D eigenvalue weighted by Gasteiger charge is -2.13. The van der Waals surface area contributed by atoms with E-state index >= 15 is 0 Å². The number of nitrogens with zero attached hydrogens (tertiary/aromatic N) is 4. The van der Waals surface area contributed by atoms with Crippen molar-refractivity contribution in [3.05, 3.63) is 170 Å². The molecular weight excluding hydrogens is 689 g/mol. The Morgan fingerprint density at radius 1 is 0.321 bits per heavy atom. The Morgan fingerprint density at radius 2 is 0.964 bits per heavy atom. The van der Waals surface area contributed by atoms with E-state index in [0.717, 1.165) is 81.9 Å². The topological polar surface area (TPSA) is 77.8 Å². The molecule has 0 amide bonds. The maximum absolute atomic E-state index is 6.75. The number of aromatic nitrogens is 4. The molecule has 8 aromatic carbocycles. The Kier molecular flexibility index (Phi) is 6.53. The number of pyridine rings is 1. The third-order valence-electron chi connectivity index (χ3n) is 10.9. The SMILES string of the molecule is c1ccc(-c2nc(-c3cc4c(oc5cc6ccccc6cc54)c(-c4ccc5oc6ccccc6c5c4)n3)nc(-c3cc4ccccc4c4ccccc34)n2)cc1. The fourth-order valence-corrected chi connectivity index (χ4v) is 8.21. The Bertz CT molecular complexity index is 3550. The summed E-state index contributed by atoms with van der Waals surface area (Å²) in [6, 6.07) is 58.2. The van der Waals surface area contributed by atoms with Gasteiger partial charge in [0.1, 0.15) is 28.1 Å². The summed E-state index contributed by atoms with van der Waals surface area (Å²) in [5.41, 5.74) is 7.18. The summed E-state index contributed by atoms with van der Waals surface area (Å²) in [5, 5.41) is 10.7. The number of rotatable bonds is 4. The molecule has 6 nitrogen and oxygen atoms in total. The first-order valence-electron chi connectivity index (χ1n) is 18.6. The molecule has 0 bridgehead atoms. The van der Waals surface area contributed by atoms with E-state index in [9.17, 15) is 0 Å². The third kappa shape index (κ3) is 4.76. The van der Waals surface area contributed by atoms with Crippen LogP contribution in [0.3, 0.4) is 0 Å². The molecule has 0 N–H and O–H groups in total. The highest BCUT2D eigenvalue weighted by Crippen LogP contribution is 2.41. The van der Waals surface area contributed by atoms with Crippen molar-refractivity contribution in [2.24, 2.45) is 0 Å². The van der Waals surface area contributed by atoms with Crippen molar-refractivity contribution in [1.29, 1.82) is 0 Å². The van der Waals surface area contributed by atoms with Crippen LogP contribution in [0.4, 0.5) is 0 Å². The summed E-state index contributed by atoms with van der Waals surface area (Å²) in [6.07, 6.45) is 0. The highest BCUT2D eigenvalue weighted by atomic mass is 16.3. The smallest absolute Gasteiger partial charge is 0.182 e. The second-order valence-electron chi connectivity index (χ2n) is 14.2. The van der Waals surface area contributed by atoms with Crippen LogP contribution in [0, 0.1) is 0 Å². The quantitative estimate of drug-likeness (QED) is 0.169. The van der Waals surface area contributed by atoms with Crippen LogP contribution in [0.2, 0.25) is 0 Å². The average Bonchev–Trinajstić information content (AvgIpc) is 3.82. The Morgan fingerprint density at radius 3 is 1.82 bits per heavy atom. The largest absolute Gasteiger partial charge is 0.456 e. The van der Waals surface area contributed by atoms with Gasteiger partial charge in [-0.15, -0.1) is 0 Å². The summed E-state index contributed by atoms with van der Waals surface area (Å²) < 4.78 is 13.0. The fourth-order valence-electron chi connectivity index (χ4n) is 8.21. The highest BCUT2D eigenvalue weighted by Gasteiger charge is 2.22. The predicted octanol–water partition coefficient (Wildman–Crippen LogP) is 13.2. The number of para-hydroxylation sites is 1. The van der Waals surface area contributed by atoms with Crippen LogP contribution in [0.15, 0.2) is 179 Å². The van der Waals surface area contributed by atoms with Gasteiger partial charge < -0.3 is 8.83 Å². The molecule has 6 heteroatoms. The lowest BCUT2D eigenvalue weighted by atomic mass is 9.97. The van der Waals surface area contributed by atoms with Crippen molar-refractivity contribution in [1.82, 2.24) is 19.9 Å². The minimum absolute atomic E-state index is 0.472. The monoisotopic (exact) mass is 716 g/mol. The number of hydrogen-bond acceptors (Lipinski definition) is 6. The molecule has 12 rings (SSSR count). The van der Waals surface area contributed by atoms with E-state index in [-0.39, 0.29) is 0 Å².